The van der Waals surface area contributed by atoms with Crippen LogP contribution in [0, 0.1) is 6.92 Å². The molecule has 6 heteroatoms. The van der Waals surface area contributed by atoms with Crippen molar-refractivity contribution in [2.45, 2.75) is 6.92 Å². The maximum atomic E-state index is 11.2. The number of aryl methyl sites for hydroxylation is 1. The Kier molecular flexibility index (Phi) is 2.38. The van der Waals surface area contributed by atoms with Gasteiger partial charge >= 0.3 is 5.97 Å². The second-order valence-corrected chi connectivity index (χ2v) is 5.13. The van der Waals surface area contributed by atoms with Crippen LogP contribution in [0.1, 0.15) is 15.4 Å². The topological polar surface area (TPSA) is 67.5 Å². The number of nitrogens with zero attached hydrogens (tertiary/aromatic N) is 3. The Bertz CT molecular complexity index is 745. The molecule has 3 heterocycles. The first-order chi connectivity index (χ1) is 8.66. The third-order valence-electron chi connectivity index (χ3n) is 2.61. The first kappa shape index (κ1) is 10.9. The second kappa shape index (κ2) is 3.92. The van der Waals surface area contributed by atoms with Crippen molar-refractivity contribution in [1.29, 1.82) is 0 Å². The number of carbonyl (C=O) groups is 1. The number of hydrogen-bond acceptors (Lipinski definition) is 4. The summed E-state index contributed by atoms with van der Waals surface area (Å²) in [5.41, 5.74) is 0.703. The van der Waals surface area contributed by atoms with Crippen LogP contribution in [-0.2, 0) is 0 Å². The summed E-state index contributed by atoms with van der Waals surface area (Å²) >= 11 is 1.56. The first-order valence-corrected chi connectivity index (χ1v) is 6.13. The molecular formula is C12H9N3O2S. The molecule has 0 aliphatic carbocycles. The minimum absolute atomic E-state index is 0.165. The van der Waals surface area contributed by atoms with Gasteiger partial charge in [0.15, 0.2) is 11.5 Å². The molecule has 0 radical (unpaired) electrons. The molecule has 0 aliphatic heterocycles. The average molecular weight is 259 g/mol. The highest BCUT2D eigenvalue weighted by molar-refractivity contribution is 7.15. The molecule has 0 amide bonds. The highest BCUT2D eigenvalue weighted by atomic mass is 32.1. The highest BCUT2D eigenvalue weighted by Crippen LogP contribution is 2.27. The zero-order valence-electron chi connectivity index (χ0n) is 9.49. The number of aromatic carboxylic acids is 1. The van der Waals surface area contributed by atoms with Crippen molar-refractivity contribution in [3.63, 3.8) is 0 Å². The van der Waals surface area contributed by atoms with Crippen molar-refractivity contribution < 1.29 is 9.90 Å². The Balaban J connectivity index is 2.34. The van der Waals surface area contributed by atoms with E-state index in [-0.39, 0.29) is 5.69 Å². The molecule has 5 nitrogen and oxygen atoms in total. The van der Waals surface area contributed by atoms with Crippen molar-refractivity contribution >= 4 is 23.0 Å². The lowest BCUT2D eigenvalue weighted by Crippen LogP contribution is -2.05. The van der Waals surface area contributed by atoms with E-state index in [4.69, 9.17) is 0 Å². The molecule has 1 N–H and O–H groups in total. The summed E-state index contributed by atoms with van der Waals surface area (Å²) in [6.07, 6.45) is 0. The summed E-state index contributed by atoms with van der Waals surface area (Å²) in [5, 5.41) is 17.3. The van der Waals surface area contributed by atoms with Gasteiger partial charge in [0.1, 0.15) is 5.69 Å². The maximum Gasteiger partial charge on any atom is 0.352 e. The number of rotatable bonds is 2. The molecule has 0 atom stereocenters. The number of hydrogen-bond donors (Lipinski definition) is 1. The first-order valence-electron chi connectivity index (χ1n) is 5.31. The molecule has 0 saturated carbocycles. The number of pyridine rings is 1. The van der Waals surface area contributed by atoms with Gasteiger partial charge in [-0.15, -0.1) is 21.5 Å². The molecule has 3 aromatic heterocycles. The van der Waals surface area contributed by atoms with Gasteiger partial charge in [-0.3, -0.25) is 4.40 Å². The monoisotopic (exact) mass is 259 g/mol. The fourth-order valence-corrected chi connectivity index (χ4v) is 2.67. The molecule has 3 rings (SSSR count). The number of carboxylic acids is 1. The molecular weight excluding hydrogens is 250 g/mol. The van der Waals surface area contributed by atoms with Crippen molar-refractivity contribution in [3.05, 3.63) is 40.9 Å². The molecule has 3 aromatic rings. The lowest BCUT2D eigenvalue weighted by Gasteiger charge is -2.01. The van der Waals surface area contributed by atoms with E-state index in [1.54, 1.807) is 33.9 Å². The van der Waals surface area contributed by atoms with E-state index in [0.29, 0.717) is 11.5 Å². The van der Waals surface area contributed by atoms with Gasteiger partial charge in [0.2, 0.25) is 0 Å². The van der Waals surface area contributed by atoms with Gasteiger partial charge in [0.05, 0.1) is 4.88 Å². The molecule has 0 aromatic carbocycles. The Morgan fingerprint density at radius 2 is 2.11 bits per heavy atom. The summed E-state index contributed by atoms with van der Waals surface area (Å²) in [5.74, 6) is -0.420. The zero-order chi connectivity index (χ0) is 12.7. The molecule has 0 bridgehead atoms. The summed E-state index contributed by atoms with van der Waals surface area (Å²) in [6.45, 7) is 2.00. The fraction of sp³-hybridized carbons (Fsp3) is 0.0833. The molecule has 0 aliphatic rings. The molecule has 0 saturated heterocycles. The Morgan fingerprint density at radius 3 is 2.78 bits per heavy atom. The summed E-state index contributed by atoms with van der Waals surface area (Å²) in [4.78, 5) is 13.3. The third-order valence-corrected chi connectivity index (χ3v) is 3.60. The van der Waals surface area contributed by atoms with Gasteiger partial charge in [-0.2, -0.15) is 0 Å². The Hall–Kier alpha value is -2.21. The van der Waals surface area contributed by atoms with Crippen LogP contribution in [0.4, 0.5) is 0 Å². The van der Waals surface area contributed by atoms with Crippen molar-refractivity contribution in [2.75, 3.05) is 0 Å². The summed E-state index contributed by atoms with van der Waals surface area (Å²) < 4.78 is 1.56. The average Bonchev–Trinajstić information content (AvgIpc) is 2.94. The predicted molar refractivity (Wildman–Crippen MR) is 68.0 cm³/mol. The van der Waals surface area contributed by atoms with Crippen LogP contribution in [-0.4, -0.2) is 25.7 Å². The Morgan fingerprint density at radius 1 is 1.28 bits per heavy atom. The van der Waals surface area contributed by atoms with E-state index in [0.717, 1.165) is 9.75 Å². The van der Waals surface area contributed by atoms with Crippen molar-refractivity contribution in [3.8, 4) is 10.7 Å². The van der Waals surface area contributed by atoms with Crippen LogP contribution in [0.3, 0.4) is 0 Å². The minimum atomic E-state index is -0.991. The number of thiophene rings is 1. The van der Waals surface area contributed by atoms with Crippen LogP contribution in [0.15, 0.2) is 30.3 Å². The van der Waals surface area contributed by atoms with Crippen LogP contribution in [0.5, 0.6) is 0 Å². The third kappa shape index (κ3) is 1.58. The largest absolute Gasteiger partial charge is 0.477 e. The SMILES string of the molecule is Cc1ccc(-c2nnc3cccc(C(=O)O)n23)s1. The van der Waals surface area contributed by atoms with E-state index in [1.165, 1.54) is 0 Å². The molecule has 0 fully saturated rings. The van der Waals surface area contributed by atoms with Crippen molar-refractivity contribution in [1.82, 2.24) is 14.6 Å². The minimum Gasteiger partial charge on any atom is -0.477 e. The maximum absolute atomic E-state index is 11.2. The standard InChI is InChI=1S/C12H9N3O2S/c1-7-5-6-9(18-7)11-14-13-10-4-2-3-8(12(16)17)15(10)11/h2-6H,1H3,(H,16,17). The fourth-order valence-electron chi connectivity index (χ4n) is 1.82. The van der Waals surface area contributed by atoms with Crippen LogP contribution in [0.2, 0.25) is 0 Å². The smallest absolute Gasteiger partial charge is 0.352 e. The number of fused-ring (bicyclic) bond motifs is 1. The van der Waals surface area contributed by atoms with Gasteiger partial charge < -0.3 is 5.11 Å². The van der Waals surface area contributed by atoms with E-state index >= 15 is 0 Å². The molecule has 0 spiro atoms. The van der Waals surface area contributed by atoms with Gasteiger partial charge in [-0.1, -0.05) is 6.07 Å². The van der Waals surface area contributed by atoms with Crippen LogP contribution >= 0.6 is 11.3 Å². The van der Waals surface area contributed by atoms with Gasteiger partial charge in [-0.05, 0) is 31.2 Å². The molecule has 90 valence electrons. The number of carboxylic acid groups (broad SMARTS) is 1. The van der Waals surface area contributed by atoms with Crippen LogP contribution in [0.25, 0.3) is 16.3 Å². The molecule has 18 heavy (non-hydrogen) atoms. The van der Waals surface area contributed by atoms with Gasteiger partial charge in [0.25, 0.3) is 0 Å². The number of aromatic nitrogens is 3. The quantitative estimate of drug-likeness (QED) is 0.767. The summed E-state index contributed by atoms with van der Waals surface area (Å²) in [6, 6.07) is 8.85. The molecule has 0 unspecified atom stereocenters. The van der Waals surface area contributed by atoms with Gasteiger partial charge in [-0.25, -0.2) is 4.79 Å². The highest BCUT2D eigenvalue weighted by Gasteiger charge is 2.16. The lowest BCUT2D eigenvalue weighted by molar-refractivity contribution is 0.0689. The Labute approximate surface area is 106 Å². The van der Waals surface area contributed by atoms with E-state index in [2.05, 4.69) is 10.2 Å². The summed E-state index contributed by atoms with van der Waals surface area (Å²) in [7, 11) is 0. The van der Waals surface area contributed by atoms with Gasteiger partial charge in [0, 0.05) is 4.88 Å². The van der Waals surface area contributed by atoms with E-state index in [1.807, 2.05) is 19.1 Å². The van der Waals surface area contributed by atoms with Crippen molar-refractivity contribution in [2.24, 2.45) is 0 Å². The lowest BCUT2D eigenvalue weighted by atomic mass is 10.3. The normalized spacial score (nSPS) is 10.9. The van der Waals surface area contributed by atoms with E-state index < -0.39 is 5.97 Å². The second-order valence-electron chi connectivity index (χ2n) is 3.84. The van der Waals surface area contributed by atoms with E-state index in [9.17, 15) is 9.90 Å². The zero-order valence-corrected chi connectivity index (χ0v) is 10.3. The predicted octanol–water partition coefficient (Wildman–Crippen LogP) is 2.46. The van der Waals surface area contributed by atoms with Crippen LogP contribution < -0.4 is 0 Å².